The second-order valence-electron chi connectivity index (χ2n) is 9.03. The van der Waals surface area contributed by atoms with Crippen molar-refractivity contribution >= 4 is 39.0 Å². The second kappa shape index (κ2) is 8.37. The molecule has 2 aliphatic heterocycles. The molecule has 9 heteroatoms. The summed E-state index contributed by atoms with van der Waals surface area (Å²) < 4.78 is 23.9. The minimum atomic E-state index is -3.97. The number of hydrogen-bond donors (Lipinski definition) is 1. The highest BCUT2D eigenvalue weighted by atomic mass is 35.5. The van der Waals surface area contributed by atoms with Crippen LogP contribution in [-0.2, 0) is 21.2 Å². The fraction of sp³-hybridized carbons (Fsp3) is 0.280. The average Bonchev–Trinajstić information content (AvgIpc) is 3.06. The van der Waals surface area contributed by atoms with Gasteiger partial charge in [-0.3, -0.25) is 9.69 Å². The van der Waals surface area contributed by atoms with Crippen molar-refractivity contribution in [2.75, 3.05) is 22.9 Å². The molecule has 34 heavy (non-hydrogen) atoms. The number of carbonyl (C=O) groups is 1. The van der Waals surface area contributed by atoms with Crippen molar-refractivity contribution < 1.29 is 13.2 Å². The van der Waals surface area contributed by atoms with Crippen LogP contribution in [0.25, 0.3) is 11.1 Å². The van der Waals surface area contributed by atoms with Crippen molar-refractivity contribution in [3.05, 3.63) is 70.7 Å². The normalized spacial score (nSPS) is 18.1. The zero-order chi connectivity index (χ0) is 24.2. The van der Waals surface area contributed by atoms with Gasteiger partial charge in [-0.1, -0.05) is 41.9 Å². The Kier molecular flexibility index (Phi) is 5.62. The van der Waals surface area contributed by atoms with Gasteiger partial charge in [0.1, 0.15) is 5.82 Å². The monoisotopic (exact) mass is 496 g/mol. The van der Waals surface area contributed by atoms with E-state index in [4.69, 9.17) is 16.7 Å². The number of benzene rings is 2. The van der Waals surface area contributed by atoms with E-state index in [0.717, 1.165) is 22.4 Å². The molecular formula is C25H25ClN4O3S. The molecule has 0 aliphatic carbocycles. The summed E-state index contributed by atoms with van der Waals surface area (Å²) in [7, 11) is -3.97. The highest BCUT2D eigenvalue weighted by Gasteiger charge is 2.41. The lowest BCUT2D eigenvalue weighted by Gasteiger charge is -2.42. The van der Waals surface area contributed by atoms with Crippen LogP contribution in [0, 0.1) is 12.8 Å². The lowest BCUT2D eigenvalue weighted by atomic mass is 9.96. The predicted octanol–water partition coefficient (Wildman–Crippen LogP) is 3.77. The van der Waals surface area contributed by atoms with Gasteiger partial charge < -0.3 is 4.90 Å². The molecule has 1 atom stereocenters. The number of rotatable bonds is 4. The van der Waals surface area contributed by atoms with Gasteiger partial charge in [-0.2, -0.15) is 0 Å². The molecule has 1 saturated heterocycles. The van der Waals surface area contributed by atoms with E-state index in [2.05, 4.69) is 9.88 Å². The van der Waals surface area contributed by atoms with Gasteiger partial charge in [-0.25, -0.2) is 18.5 Å². The minimum Gasteiger partial charge on any atom is -0.370 e. The molecule has 7 nitrogen and oxygen atoms in total. The van der Waals surface area contributed by atoms with Gasteiger partial charge in [0.05, 0.1) is 5.92 Å². The van der Waals surface area contributed by atoms with Gasteiger partial charge in [0.15, 0.2) is 5.03 Å². The van der Waals surface area contributed by atoms with E-state index in [-0.39, 0.29) is 22.9 Å². The zero-order valence-corrected chi connectivity index (χ0v) is 20.5. The lowest BCUT2D eigenvalue weighted by molar-refractivity contribution is -0.123. The number of carbonyl (C=O) groups excluding carboxylic acids is 1. The van der Waals surface area contributed by atoms with Crippen LogP contribution in [0.5, 0.6) is 0 Å². The maximum absolute atomic E-state index is 13.4. The first-order chi connectivity index (χ1) is 16.1. The van der Waals surface area contributed by atoms with Crippen LogP contribution in [0.4, 0.5) is 11.5 Å². The number of hydrogen-bond acceptors (Lipinski definition) is 5. The van der Waals surface area contributed by atoms with Gasteiger partial charge in [0, 0.05) is 35.4 Å². The first-order valence-electron chi connectivity index (χ1n) is 11.1. The van der Waals surface area contributed by atoms with Gasteiger partial charge >= 0.3 is 0 Å². The summed E-state index contributed by atoms with van der Waals surface area (Å²) >= 11 is 6.31. The van der Waals surface area contributed by atoms with Crippen LogP contribution in [0.2, 0.25) is 5.02 Å². The molecule has 5 rings (SSSR count). The number of aryl methyl sites for hydroxylation is 1. The van der Waals surface area contributed by atoms with Crippen LogP contribution in [0.15, 0.2) is 59.6 Å². The van der Waals surface area contributed by atoms with E-state index in [1.807, 2.05) is 55.5 Å². The van der Waals surface area contributed by atoms with Crippen molar-refractivity contribution in [3.8, 4) is 11.1 Å². The van der Waals surface area contributed by atoms with Gasteiger partial charge in [0.25, 0.3) is 10.0 Å². The lowest BCUT2D eigenvalue weighted by Crippen LogP contribution is -2.56. The summed E-state index contributed by atoms with van der Waals surface area (Å²) in [5.41, 5.74) is 4.43. The second-order valence-corrected chi connectivity index (χ2v) is 10.9. The molecule has 1 fully saturated rings. The number of anilines is 2. The molecule has 0 unspecified atom stereocenters. The van der Waals surface area contributed by atoms with E-state index in [9.17, 15) is 13.2 Å². The van der Waals surface area contributed by atoms with Crippen molar-refractivity contribution in [2.24, 2.45) is 11.1 Å². The SMILES string of the molecule is Cc1cc2c(nc1S(N)(=O)=O)N(C(=O)C1CN(c3ccc(-c4ccccc4Cl)cc3)C1)[C@H](C)C2. The van der Waals surface area contributed by atoms with E-state index < -0.39 is 10.0 Å². The van der Waals surface area contributed by atoms with Crippen molar-refractivity contribution in [3.63, 3.8) is 0 Å². The van der Waals surface area contributed by atoms with E-state index in [0.29, 0.717) is 35.9 Å². The fourth-order valence-corrected chi connectivity index (χ4v) is 5.79. The number of aromatic nitrogens is 1. The maximum atomic E-state index is 13.4. The quantitative estimate of drug-likeness (QED) is 0.593. The number of nitrogens with zero attached hydrogens (tertiary/aromatic N) is 3. The molecule has 0 spiro atoms. The number of nitrogens with two attached hydrogens (primary N) is 1. The third-order valence-corrected chi connectivity index (χ3v) is 7.84. The van der Waals surface area contributed by atoms with Crippen LogP contribution in [0.1, 0.15) is 18.1 Å². The maximum Gasteiger partial charge on any atom is 0.255 e. The molecule has 3 heterocycles. The first kappa shape index (κ1) is 22.8. The standard InChI is InChI=1S/C25H25ClN4O3S/c1-15-11-18-12-16(2)30(23(18)28-24(15)34(27,32)33)25(31)19-13-29(14-19)20-9-7-17(8-10-20)21-5-3-4-6-22(21)26/h3-11,16,19H,12-14H2,1-2H3,(H2,27,32,33)/t16-/m1/s1. The molecule has 2 aliphatic rings. The minimum absolute atomic E-state index is 0.0353. The molecule has 2 aromatic carbocycles. The van der Waals surface area contributed by atoms with Gasteiger partial charge in [-0.05, 0) is 61.2 Å². The zero-order valence-electron chi connectivity index (χ0n) is 18.9. The van der Waals surface area contributed by atoms with Crippen LogP contribution in [0.3, 0.4) is 0 Å². The predicted molar refractivity (Wildman–Crippen MR) is 134 cm³/mol. The smallest absolute Gasteiger partial charge is 0.255 e. The Hall–Kier alpha value is -2.94. The molecule has 2 N–H and O–H groups in total. The molecule has 1 amide bonds. The summed E-state index contributed by atoms with van der Waals surface area (Å²) in [5.74, 6) is 0.194. The molecule has 176 valence electrons. The Morgan fingerprint density at radius 3 is 2.44 bits per heavy atom. The van der Waals surface area contributed by atoms with Crippen LogP contribution < -0.4 is 14.9 Å². The van der Waals surface area contributed by atoms with Gasteiger partial charge in [0.2, 0.25) is 5.91 Å². The number of pyridine rings is 1. The first-order valence-corrected chi connectivity index (χ1v) is 13.0. The average molecular weight is 497 g/mol. The number of fused-ring (bicyclic) bond motifs is 1. The Morgan fingerprint density at radius 2 is 1.79 bits per heavy atom. The summed E-state index contributed by atoms with van der Waals surface area (Å²) in [6.07, 6.45) is 0.639. The summed E-state index contributed by atoms with van der Waals surface area (Å²) in [6.45, 7) is 4.81. The fourth-order valence-electron chi connectivity index (χ4n) is 4.82. The van der Waals surface area contributed by atoms with E-state index >= 15 is 0 Å². The highest BCUT2D eigenvalue weighted by molar-refractivity contribution is 7.89. The molecule has 1 aromatic heterocycles. The summed E-state index contributed by atoms with van der Waals surface area (Å²) in [5, 5.41) is 5.87. The third kappa shape index (κ3) is 3.96. The summed E-state index contributed by atoms with van der Waals surface area (Å²) in [6, 6.07) is 17.6. The van der Waals surface area contributed by atoms with Crippen molar-refractivity contribution in [1.82, 2.24) is 4.98 Å². The molecule has 3 aromatic rings. The van der Waals surface area contributed by atoms with E-state index in [1.54, 1.807) is 17.9 Å². The Balaban J connectivity index is 1.31. The Bertz CT molecular complexity index is 1390. The summed E-state index contributed by atoms with van der Waals surface area (Å²) in [4.78, 5) is 21.5. The van der Waals surface area contributed by atoms with Gasteiger partial charge in [-0.15, -0.1) is 0 Å². The molecular weight excluding hydrogens is 472 g/mol. The van der Waals surface area contributed by atoms with Crippen LogP contribution >= 0.6 is 11.6 Å². The Labute approximate surface area is 204 Å². The van der Waals surface area contributed by atoms with Crippen LogP contribution in [-0.4, -0.2) is 38.4 Å². The number of amides is 1. The number of sulfonamides is 1. The highest BCUT2D eigenvalue weighted by Crippen LogP contribution is 2.36. The number of primary sulfonamides is 1. The number of halogens is 1. The van der Waals surface area contributed by atoms with Crippen molar-refractivity contribution in [1.29, 1.82) is 0 Å². The molecule has 0 bridgehead atoms. The Morgan fingerprint density at radius 1 is 1.12 bits per heavy atom. The van der Waals surface area contributed by atoms with Crippen molar-refractivity contribution in [2.45, 2.75) is 31.3 Å². The largest absolute Gasteiger partial charge is 0.370 e. The molecule has 0 radical (unpaired) electrons. The third-order valence-electron chi connectivity index (χ3n) is 6.56. The van der Waals surface area contributed by atoms with E-state index in [1.165, 1.54) is 0 Å². The molecule has 0 saturated carbocycles. The topological polar surface area (TPSA) is 96.6 Å².